The average molecular weight is 136 g/mol. The maximum atomic E-state index is 2.52. The van der Waals surface area contributed by atoms with Crippen LogP contribution >= 0.6 is 0 Å². The predicted octanol–water partition coefficient (Wildman–Crippen LogP) is 2.54. The lowest BCUT2D eigenvalue weighted by Gasteiger charge is -2.44. The van der Waals surface area contributed by atoms with E-state index in [1.165, 1.54) is 24.2 Å². The Morgan fingerprint density at radius 1 is 1.30 bits per heavy atom. The van der Waals surface area contributed by atoms with E-state index in [1.54, 1.807) is 0 Å². The lowest BCUT2D eigenvalue weighted by Crippen LogP contribution is -2.39. The van der Waals surface area contributed by atoms with Crippen LogP contribution in [0, 0.1) is 35.0 Å². The highest BCUT2D eigenvalue weighted by Gasteiger charge is 2.87. The topological polar surface area (TPSA) is 0 Å². The minimum Gasteiger partial charge on any atom is -0.0651 e. The summed E-state index contributed by atoms with van der Waals surface area (Å²) in [6.45, 7) is 7.36. The molecule has 3 aliphatic rings. The second kappa shape index (κ2) is 1.19. The molecule has 0 aromatic heterocycles. The molecule has 0 radical (unpaired) electrons. The average Bonchev–Trinajstić information content (AvgIpc) is 2.22. The molecule has 0 aromatic rings. The highest BCUT2D eigenvalue weighted by atomic mass is 14.9. The number of fused-ring (bicyclic) bond motifs is 1. The van der Waals surface area contributed by atoms with Gasteiger partial charge in [-0.05, 0) is 35.0 Å². The fourth-order valence-electron chi connectivity index (χ4n) is 4.69. The Morgan fingerprint density at radius 3 is 2.20 bits per heavy atom. The molecule has 3 saturated carbocycles. The van der Waals surface area contributed by atoms with Gasteiger partial charge in [-0.3, -0.25) is 0 Å². The van der Waals surface area contributed by atoms with Gasteiger partial charge in [0.25, 0.3) is 0 Å². The summed E-state index contributed by atoms with van der Waals surface area (Å²) >= 11 is 0. The van der Waals surface area contributed by atoms with E-state index in [1.807, 2.05) is 0 Å². The Kier molecular flexibility index (Phi) is 0.669. The molecule has 0 heterocycles. The first-order valence-corrected chi connectivity index (χ1v) is 4.73. The SMILES string of the molecule is CCC1C2C(C)C3C2C13C. The van der Waals surface area contributed by atoms with Crippen molar-refractivity contribution >= 4 is 0 Å². The highest BCUT2D eigenvalue weighted by Crippen LogP contribution is 2.91. The fourth-order valence-corrected chi connectivity index (χ4v) is 4.69. The van der Waals surface area contributed by atoms with Crippen molar-refractivity contribution in [3.63, 3.8) is 0 Å². The van der Waals surface area contributed by atoms with Crippen LogP contribution < -0.4 is 0 Å². The summed E-state index contributed by atoms with van der Waals surface area (Å²) in [6.07, 6.45) is 1.44. The van der Waals surface area contributed by atoms with E-state index in [9.17, 15) is 0 Å². The zero-order valence-electron chi connectivity index (χ0n) is 7.09. The third-order valence-electron chi connectivity index (χ3n) is 5.01. The lowest BCUT2D eigenvalue weighted by molar-refractivity contribution is 0.0315. The molecule has 0 heteroatoms. The van der Waals surface area contributed by atoms with Gasteiger partial charge in [-0.15, -0.1) is 0 Å². The minimum absolute atomic E-state index is 0.860. The van der Waals surface area contributed by atoms with Crippen LogP contribution in [0.25, 0.3) is 0 Å². The molecule has 3 rings (SSSR count). The van der Waals surface area contributed by atoms with Crippen LogP contribution in [0.5, 0.6) is 0 Å². The van der Waals surface area contributed by atoms with Crippen LogP contribution in [-0.2, 0) is 0 Å². The van der Waals surface area contributed by atoms with E-state index in [2.05, 4.69) is 20.8 Å². The van der Waals surface area contributed by atoms with Crippen molar-refractivity contribution in [1.82, 2.24) is 0 Å². The number of hydrogen-bond acceptors (Lipinski definition) is 0. The van der Waals surface area contributed by atoms with Crippen molar-refractivity contribution in [2.75, 3.05) is 0 Å². The van der Waals surface area contributed by atoms with Crippen LogP contribution in [-0.4, -0.2) is 0 Å². The zero-order chi connectivity index (χ0) is 7.09. The quantitative estimate of drug-likeness (QED) is 0.519. The first kappa shape index (κ1) is 5.62. The summed E-state index contributed by atoms with van der Waals surface area (Å²) in [5.74, 6) is 5.76. The summed E-state index contributed by atoms with van der Waals surface area (Å²) in [4.78, 5) is 0. The molecule has 0 N–H and O–H groups in total. The van der Waals surface area contributed by atoms with Gasteiger partial charge in [0, 0.05) is 0 Å². The molecule has 3 aliphatic carbocycles. The maximum absolute atomic E-state index is 2.52. The van der Waals surface area contributed by atoms with Gasteiger partial charge in [-0.1, -0.05) is 27.2 Å². The Bertz CT molecular complexity index is 190. The van der Waals surface area contributed by atoms with Gasteiger partial charge in [-0.25, -0.2) is 0 Å². The summed E-state index contributed by atoms with van der Waals surface area (Å²) < 4.78 is 0. The monoisotopic (exact) mass is 136 g/mol. The molecule has 0 amide bonds. The fraction of sp³-hybridized carbons (Fsp3) is 1.00. The number of rotatable bonds is 1. The molecule has 0 saturated heterocycles. The lowest BCUT2D eigenvalue weighted by atomic mass is 9.60. The van der Waals surface area contributed by atoms with Gasteiger partial charge >= 0.3 is 0 Å². The Labute approximate surface area is 63.0 Å². The Balaban J connectivity index is 1.94. The predicted molar refractivity (Wildman–Crippen MR) is 41.5 cm³/mol. The van der Waals surface area contributed by atoms with Crippen LogP contribution in [0.1, 0.15) is 27.2 Å². The molecule has 0 aromatic carbocycles. The molecule has 0 nitrogen and oxygen atoms in total. The van der Waals surface area contributed by atoms with Gasteiger partial charge in [0.05, 0.1) is 0 Å². The maximum Gasteiger partial charge on any atom is -0.0227 e. The van der Waals surface area contributed by atoms with Gasteiger partial charge in [0.2, 0.25) is 0 Å². The summed E-state index contributed by atoms with van der Waals surface area (Å²) in [7, 11) is 0. The standard InChI is InChI=1S/C10H16/c1-4-6-7-5(2)8-9(7)10(6,8)3/h5-9H,4H2,1-3H3. The molecule has 0 aliphatic heterocycles. The van der Waals surface area contributed by atoms with E-state index in [-0.39, 0.29) is 0 Å². The van der Waals surface area contributed by atoms with Crippen LogP contribution in [0.4, 0.5) is 0 Å². The van der Waals surface area contributed by atoms with E-state index in [0.717, 1.165) is 17.3 Å². The molecule has 0 spiro atoms. The molecule has 3 fully saturated rings. The van der Waals surface area contributed by atoms with Crippen molar-refractivity contribution < 1.29 is 0 Å². The minimum atomic E-state index is 0.860. The molecule has 10 heavy (non-hydrogen) atoms. The summed E-state index contributed by atoms with van der Waals surface area (Å²) in [5, 5.41) is 0. The van der Waals surface area contributed by atoms with Gasteiger partial charge in [0.1, 0.15) is 0 Å². The van der Waals surface area contributed by atoms with Crippen molar-refractivity contribution in [1.29, 1.82) is 0 Å². The Morgan fingerprint density at radius 2 is 2.00 bits per heavy atom. The van der Waals surface area contributed by atoms with E-state index < -0.39 is 0 Å². The third kappa shape index (κ3) is 0.271. The molecular weight excluding hydrogens is 120 g/mol. The smallest absolute Gasteiger partial charge is 0.0227 e. The van der Waals surface area contributed by atoms with Gasteiger partial charge in [0.15, 0.2) is 0 Å². The van der Waals surface area contributed by atoms with Crippen LogP contribution in [0.15, 0.2) is 0 Å². The summed E-state index contributed by atoms with van der Waals surface area (Å²) in [6, 6.07) is 0. The van der Waals surface area contributed by atoms with Crippen molar-refractivity contribution in [3.8, 4) is 0 Å². The number of hydrogen-bond donors (Lipinski definition) is 0. The van der Waals surface area contributed by atoms with E-state index >= 15 is 0 Å². The zero-order valence-corrected chi connectivity index (χ0v) is 7.09. The third-order valence-corrected chi connectivity index (χ3v) is 5.01. The molecule has 6 unspecified atom stereocenters. The van der Waals surface area contributed by atoms with Gasteiger partial charge in [-0.2, -0.15) is 0 Å². The van der Waals surface area contributed by atoms with E-state index in [4.69, 9.17) is 0 Å². The molecular formula is C10H16. The van der Waals surface area contributed by atoms with Crippen LogP contribution in [0.2, 0.25) is 0 Å². The molecule has 0 bridgehead atoms. The van der Waals surface area contributed by atoms with Crippen molar-refractivity contribution in [3.05, 3.63) is 0 Å². The first-order valence-electron chi connectivity index (χ1n) is 4.73. The molecule has 6 atom stereocenters. The normalized spacial score (nSPS) is 75.3. The van der Waals surface area contributed by atoms with Crippen molar-refractivity contribution in [2.45, 2.75) is 27.2 Å². The summed E-state index contributed by atoms with van der Waals surface area (Å²) in [5.41, 5.74) is 0.860. The highest BCUT2D eigenvalue weighted by molar-refractivity contribution is 5.34. The second-order valence-electron chi connectivity index (χ2n) is 4.87. The first-order chi connectivity index (χ1) is 4.73. The van der Waals surface area contributed by atoms with E-state index in [0.29, 0.717) is 0 Å². The molecule has 56 valence electrons. The van der Waals surface area contributed by atoms with Crippen molar-refractivity contribution in [2.24, 2.45) is 35.0 Å². The largest absolute Gasteiger partial charge is 0.0651 e. The van der Waals surface area contributed by atoms with Crippen LogP contribution in [0.3, 0.4) is 0 Å². The van der Waals surface area contributed by atoms with Gasteiger partial charge < -0.3 is 0 Å². The second-order valence-corrected chi connectivity index (χ2v) is 4.87. The Hall–Kier alpha value is 0.